The number of nitrogens with zero attached hydrogens (tertiary/aromatic N) is 1. The third-order valence-electron chi connectivity index (χ3n) is 3.14. The topological polar surface area (TPSA) is 90.5 Å². The van der Waals surface area contributed by atoms with E-state index < -0.39 is 11.9 Å². The molecule has 1 fully saturated rings. The maximum absolute atomic E-state index is 11.9. The van der Waals surface area contributed by atoms with Gasteiger partial charge in [0.2, 0.25) is 11.8 Å². The Hall–Kier alpha value is -1.93. The van der Waals surface area contributed by atoms with Gasteiger partial charge in [-0.3, -0.25) is 19.8 Å². The zero-order valence-electron chi connectivity index (χ0n) is 12.8. The van der Waals surface area contributed by atoms with Crippen molar-refractivity contribution in [2.75, 3.05) is 25.5 Å². The molecule has 7 nitrogen and oxygen atoms in total. The first-order chi connectivity index (χ1) is 10.9. The number of imide groups is 1. The summed E-state index contributed by atoms with van der Waals surface area (Å²) in [6.07, 6.45) is 1.91. The van der Waals surface area contributed by atoms with Crippen LogP contribution in [0.5, 0.6) is 0 Å². The summed E-state index contributed by atoms with van der Waals surface area (Å²) in [7, 11) is 1.64. The van der Waals surface area contributed by atoms with E-state index in [1.54, 1.807) is 13.1 Å². The van der Waals surface area contributed by atoms with Gasteiger partial charge in [0.05, 0.1) is 18.8 Å². The Morgan fingerprint density at radius 3 is 2.48 bits per heavy atom. The van der Waals surface area contributed by atoms with Crippen molar-refractivity contribution in [3.63, 3.8) is 0 Å². The quantitative estimate of drug-likeness (QED) is 0.691. The predicted molar refractivity (Wildman–Crippen MR) is 90.0 cm³/mol. The summed E-state index contributed by atoms with van der Waals surface area (Å²) >= 11 is 3.35. The van der Waals surface area contributed by atoms with Gasteiger partial charge in [0.25, 0.3) is 0 Å². The van der Waals surface area contributed by atoms with Crippen LogP contribution in [0.1, 0.15) is 12.8 Å². The Balaban J connectivity index is 1.71. The van der Waals surface area contributed by atoms with Gasteiger partial charge >= 0.3 is 6.03 Å². The van der Waals surface area contributed by atoms with E-state index in [4.69, 9.17) is 0 Å². The zero-order valence-corrected chi connectivity index (χ0v) is 14.4. The maximum atomic E-state index is 11.9. The fourth-order valence-electron chi connectivity index (χ4n) is 1.91. The second-order valence-electron chi connectivity index (χ2n) is 5.50. The minimum atomic E-state index is -0.483. The number of hydrogen-bond acceptors (Lipinski definition) is 4. The molecular weight excluding hydrogens is 364 g/mol. The lowest BCUT2D eigenvalue weighted by atomic mass is 10.3. The first kappa shape index (κ1) is 17.4. The molecule has 8 heteroatoms. The van der Waals surface area contributed by atoms with Crippen molar-refractivity contribution in [1.29, 1.82) is 0 Å². The molecule has 1 aliphatic rings. The number of hydrogen-bond donors (Lipinski definition) is 3. The first-order valence-corrected chi connectivity index (χ1v) is 8.06. The summed E-state index contributed by atoms with van der Waals surface area (Å²) in [5.74, 6) is -0.686. The molecule has 0 aliphatic heterocycles. The molecule has 1 saturated carbocycles. The second kappa shape index (κ2) is 8.07. The summed E-state index contributed by atoms with van der Waals surface area (Å²) < 4.78 is 0.783. The van der Waals surface area contributed by atoms with E-state index in [1.807, 2.05) is 18.2 Å². The highest BCUT2D eigenvalue weighted by molar-refractivity contribution is 9.10. The minimum Gasteiger partial charge on any atom is -0.335 e. The highest BCUT2D eigenvalue weighted by atomic mass is 79.9. The number of carbonyl (C=O) groups excluding carboxylic acids is 3. The first-order valence-electron chi connectivity index (χ1n) is 7.27. The summed E-state index contributed by atoms with van der Waals surface area (Å²) in [4.78, 5) is 36.6. The molecular formula is C15H19BrN4O3. The molecule has 1 aliphatic carbocycles. The maximum Gasteiger partial charge on any atom is 0.321 e. The van der Waals surface area contributed by atoms with Crippen LogP contribution in [0.4, 0.5) is 10.5 Å². The van der Waals surface area contributed by atoms with Crippen molar-refractivity contribution in [2.45, 2.75) is 18.9 Å². The number of anilines is 1. The molecule has 2 rings (SSSR count). The number of halogens is 1. The van der Waals surface area contributed by atoms with Gasteiger partial charge in [-0.2, -0.15) is 0 Å². The average molecular weight is 383 g/mol. The monoisotopic (exact) mass is 382 g/mol. The van der Waals surface area contributed by atoms with E-state index in [-0.39, 0.29) is 25.0 Å². The van der Waals surface area contributed by atoms with E-state index in [2.05, 4.69) is 31.9 Å². The Morgan fingerprint density at radius 2 is 1.83 bits per heavy atom. The number of carbonyl (C=O) groups is 3. The summed E-state index contributed by atoms with van der Waals surface area (Å²) in [6, 6.07) is 6.97. The molecule has 0 atom stereocenters. The molecule has 0 spiro atoms. The number of amides is 4. The second-order valence-corrected chi connectivity index (χ2v) is 6.35. The number of likely N-dealkylation sites (N-methyl/N-ethyl adjacent to an activating group) is 1. The summed E-state index contributed by atoms with van der Waals surface area (Å²) in [5, 5.41) is 7.66. The van der Waals surface area contributed by atoms with Crippen LogP contribution in [-0.2, 0) is 9.59 Å². The van der Waals surface area contributed by atoms with Crippen LogP contribution >= 0.6 is 15.9 Å². The number of rotatable bonds is 6. The van der Waals surface area contributed by atoms with Crippen LogP contribution in [0.15, 0.2) is 28.7 Å². The van der Waals surface area contributed by atoms with Gasteiger partial charge in [-0.25, -0.2) is 4.79 Å². The molecule has 124 valence electrons. The molecule has 23 heavy (non-hydrogen) atoms. The Kier molecular flexibility index (Phi) is 6.12. The fourth-order valence-corrected chi connectivity index (χ4v) is 2.30. The van der Waals surface area contributed by atoms with Gasteiger partial charge in [-0.05, 0) is 48.0 Å². The van der Waals surface area contributed by atoms with Crippen molar-refractivity contribution in [2.24, 2.45) is 0 Å². The van der Waals surface area contributed by atoms with Crippen molar-refractivity contribution in [1.82, 2.24) is 15.5 Å². The summed E-state index contributed by atoms with van der Waals surface area (Å²) in [6.45, 7) is 0.000461. The number of nitrogens with one attached hydrogen (secondary N) is 3. The molecule has 0 saturated heterocycles. The molecule has 0 radical (unpaired) electrons. The van der Waals surface area contributed by atoms with Crippen LogP contribution in [0.25, 0.3) is 0 Å². The minimum absolute atomic E-state index is 0.0402. The summed E-state index contributed by atoms with van der Waals surface area (Å²) in [5.41, 5.74) is 0.666. The van der Waals surface area contributed by atoms with Gasteiger partial charge in [0, 0.05) is 10.5 Å². The van der Waals surface area contributed by atoms with Crippen LogP contribution in [-0.4, -0.2) is 48.9 Å². The zero-order chi connectivity index (χ0) is 16.8. The van der Waals surface area contributed by atoms with Crippen LogP contribution < -0.4 is 16.0 Å². The highest BCUT2D eigenvalue weighted by Crippen LogP contribution is 2.21. The SMILES string of the molecule is CN(CC(=O)NC(=O)NC1CC1)CC(=O)Nc1ccccc1Br. The van der Waals surface area contributed by atoms with Gasteiger partial charge in [-0.15, -0.1) is 0 Å². The normalized spacial score (nSPS) is 13.5. The number of benzene rings is 1. The van der Waals surface area contributed by atoms with E-state index in [1.165, 1.54) is 4.90 Å². The number of para-hydroxylation sites is 1. The van der Waals surface area contributed by atoms with E-state index in [0.717, 1.165) is 17.3 Å². The predicted octanol–water partition coefficient (Wildman–Crippen LogP) is 1.31. The van der Waals surface area contributed by atoms with Gasteiger partial charge in [0.1, 0.15) is 0 Å². The van der Waals surface area contributed by atoms with Crippen LogP contribution in [0.2, 0.25) is 0 Å². The molecule has 0 bridgehead atoms. The van der Waals surface area contributed by atoms with Crippen molar-refractivity contribution >= 4 is 39.5 Å². The third-order valence-corrected chi connectivity index (χ3v) is 3.83. The van der Waals surface area contributed by atoms with Crippen molar-refractivity contribution in [3.05, 3.63) is 28.7 Å². The van der Waals surface area contributed by atoms with Crippen molar-refractivity contribution in [3.8, 4) is 0 Å². The Labute approximate surface area is 142 Å². The van der Waals surface area contributed by atoms with E-state index in [9.17, 15) is 14.4 Å². The third kappa shape index (κ3) is 6.37. The molecule has 0 aromatic heterocycles. The van der Waals surface area contributed by atoms with Crippen LogP contribution in [0.3, 0.4) is 0 Å². The lowest BCUT2D eigenvalue weighted by molar-refractivity contribution is -0.122. The molecule has 4 amide bonds. The van der Waals surface area contributed by atoms with Crippen molar-refractivity contribution < 1.29 is 14.4 Å². The lowest BCUT2D eigenvalue weighted by Gasteiger charge is -2.16. The molecule has 1 aromatic carbocycles. The van der Waals surface area contributed by atoms with E-state index >= 15 is 0 Å². The largest absolute Gasteiger partial charge is 0.335 e. The lowest BCUT2D eigenvalue weighted by Crippen LogP contribution is -2.45. The smallest absolute Gasteiger partial charge is 0.321 e. The average Bonchev–Trinajstić information content (AvgIpc) is 3.24. The van der Waals surface area contributed by atoms with Gasteiger partial charge in [0.15, 0.2) is 0 Å². The number of urea groups is 1. The molecule has 0 heterocycles. The highest BCUT2D eigenvalue weighted by Gasteiger charge is 2.24. The standard InChI is InChI=1S/C15H19BrN4O3/c1-20(9-14(22)19-15(23)17-10-6-7-10)8-13(21)18-12-5-3-2-4-11(12)16/h2-5,10H,6-9H2,1H3,(H,18,21)(H2,17,19,22,23). The molecule has 1 aromatic rings. The van der Waals surface area contributed by atoms with Gasteiger partial charge in [-0.1, -0.05) is 12.1 Å². The van der Waals surface area contributed by atoms with E-state index in [0.29, 0.717) is 5.69 Å². The molecule has 0 unspecified atom stereocenters. The van der Waals surface area contributed by atoms with Gasteiger partial charge < -0.3 is 10.6 Å². The Bertz CT molecular complexity index is 604. The fraction of sp³-hybridized carbons (Fsp3) is 0.400. The Morgan fingerprint density at radius 1 is 1.17 bits per heavy atom. The van der Waals surface area contributed by atoms with Crippen LogP contribution in [0, 0.1) is 0 Å². The molecule has 3 N–H and O–H groups in total.